The Bertz CT molecular complexity index is 1710. The average molecular weight is 513 g/mol. The summed E-state index contributed by atoms with van der Waals surface area (Å²) >= 11 is 0. The molecular formula is C27H24N6O3S. The number of ketones is 1. The third kappa shape index (κ3) is 4.32. The van der Waals surface area contributed by atoms with Crippen molar-refractivity contribution in [2.24, 2.45) is 0 Å². The van der Waals surface area contributed by atoms with Gasteiger partial charge in [0.15, 0.2) is 5.65 Å². The Balaban J connectivity index is 1.48. The number of nitriles is 1. The van der Waals surface area contributed by atoms with Crippen LogP contribution in [0.5, 0.6) is 0 Å². The molecule has 186 valence electrons. The zero-order valence-electron chi connectivity index (χ0n) is 20.2. The second-order valence-electron chi connectivity index (χ2n) is 9.61. The van der Waals surface area contributed by atoms with Gasteiger partial charge in [-0.1, -0.05) is 23.8 Å². The van der Waals surface area contributed by atoms with Crippen LogP contribution in [0.15, 0.2) is 53.6 Å². The summed E-state index contributed by atoms with van der Waals surface area (Å²) in [7, 11) is -4.02. The molecule has 0 bridgehead atoms. The summed E-state index contributed by atoms with van der Waals surface area (Å²) in [6, 6.07) is 14.7. The molecule has 0 radical (unpaired) electrons. The van der Waals surface area contributed by atoms with Crippen molar-refractivity contribution in [1.29, 1.82) is 5.26 Å². The molecule has 2 aromatic carbocycles. The lowest BCUT2D eigenvalue weighted by atomic mass is 9.90. The molecule has 0 amide bonds. The van der Waals surface area contributed by atoms with Gasteiger partial charge in [-0.3, -0.25) is 4.79 Å². The second-order valence-corrected chi connectivity index (χ2v) is 11.4. The normalized spacial score (nSPS) is 15.3. The molecule has 0 unspecified atom stereocenters. The highest BCUT2D eigenvalue weighted by atomic mass is 32.2. The molecule has 0 aliphatic heterocycles. The van der Waals surface area contributed by atoms with Crippen molar-refractivity contribution in [3.05, 3.63) is 70.9 Å². The lowest BCUT2D eigenvalue weighted by Crippen LogP contribution is -2.14. The van der Waals surface area contributed by atoms with Crippen molar-refractivity contribution < 1.29 is 13.2 Å². The van der Waals surface area contributed by atoms with Gasteiger partial charge in [0.05, 0.1) is 15.8 Å². The molecule has 1 saturated carbocycles. The summed E-state index contributed by atoms with van der Waals surface area (Å²) in [6.45, 7) is 1.88. The van der Waals surface area contributed by atoms with Crippen molar-refractivity contribution in [2.75, 3.05) is 10.6 Å². The smallest absolute Gasteiger partial charge is 0.269 e. The van der Waals surface area contributed by atoms with Gasteiger partial charge in [0.1, 0.15) is 17.7 Å². The van der Waals surface area contributed by atoms with E-state index in [1.165, 1.54) is 6.20 Å². The fraction of sp³-hybridized carbons (Fsp3) is 0.259. The fourth-order valence-corrected chi connectivity index (χ4v) is 5.90. The van der Waals surface area contributed by atoms with Gasteiger partial charge >= 0.3 is 0 Å². The first kappa shape index (κ1) is 23.2. The summed E-state index contributed by atoms with van der Waals surface area (Å²) in [5.41, 5.74) is 4.10. The van der Waals surface area contributed by atoms with E-state index in [4.69, 9.17) is 0 Å². The van der Waals surface area contributed by atoms with Crippen LogP contribution in [0.1, 0.15) is 41.5 Å². The number of carbonyl (C=O) groups is 1. The van der Waals surface area contributed by atoms with E-state index in [1.54, 1.807) is 24.3 Å². The molecule has 0 atom stereocenters. The predicted molar refractivity (Wildman–Crippen MR) is 139 cm³/mol. The zero-order chi connectivity index (χ0) is 25.7. The maximum atomic E-state index is 13.6. The van der Waals surface area contributed by atoms with Crippen LogP contribution < -0.4 is 10.6 Å². The number of rotatable bonds is 6. The molecule has 2 aliphatic carbocycles. The van der Waals surface area contributed by atoms with Gasteiger partial charge in [-0.15, -0.1) is 0 Å². The molecule has 0 spiro atoms. The molecule has 37 heavy (non-hydrogen) atoms. The number of Topliss-reactive ketones (excluding diaryl/α,β-unsaturated/α-hetero) is 1. The lowest BCUT2D eigenvalue weighted by molar-refractivity contribution is -0.118. The van der Waals surface area contributed by atoms with Crippen LogP contribution in [-0.2, 0) is 27.7 Å². The van der Waals surface area contributed by atoms with E-state index in [-0.39, 0.29) is 33.9 Å². The molecule has 4 aromatic rings. The summed E-state index contributed by atoms with van der Waals surface area (Å²) in [6.07, 6.45) is 4.90. The van der Waals surface area contributed by atoms with Crippen molar-refractivity contribution in [1.82, 2.24) is 13.9 Å². The number of fused-ring (bicyclic) bond motifs is 2. The fourth-order valence-electron chi connectivity index (χ4n) is 4.59. The topological polar surface area (TPSA) is 130 Å². The molecule has 1 fully saturated rings. The average Bonchev–Trinajstić information content (AvgIpc) is 3.61. The minimum absolute atomic E-state index is 0.105. The monoisotopic (exact) mass is 512 g/mol. The maximum Gasteiger partial charge on any atom is 0.269 e. The molecule has 2 aromatic heterocycles. The number of nitrogens with one attached hydrogen (secondary N) is 2. The Morgan fingerprint density at radius 2 is 1.84 bits per heavy atom. The SMILES string of the molecule is Cc1ccc(S(=O)(=O)n2cc(C#N)c3c(NC4CC4)nc(Nc4ccc5c(c4)CCC(=O)C5)nc32)cc1. The standard InChI is InChI=1S/C27H24N6O3S/c1-16-2-10-23(11-3-16)37(35,36)33-15-19(14-28)24-25(29-20-7-8-20)31-27(32-26(24)33)30-21-6-4-18-13-22(34)9-5-17(18)12-21/h2-4,6,10-12,15,20H,5,7-9,13H2,1H3,(H2,29,30,31,32). The van der Waals surface area contributed by atoms with E-state index in [0.717, 1.165) is 39.2 Å². The Morgan fingerprint density at radius 1 is 1.05 bits per heavy atom. The predicted octanol–water partition coefficient (Wildman–Crippen LogP) is 4.22. The summed E-state index contributed by atoms with van der Waals surface area (Å²) < 4.78 is 28.3. The number of nitrogens with zero attached hydrogens (tertiary/aromatic N) is 4. The summed E-state index contributed by atoms with van der Waals surface area (Å²) in [5.74, 6) is 0.875. The molecular weight excluding hydrogens is 488 g/mol. The van der Waals surface area contributed by atoms with Crippen molar-refractivity contribution in [3.8, 4) is 6.07 Å². The van der Waals surface area contributed by atoms with Crippen LogP contribution in [-0.4, -0.2) is 34.2 Å². The quantitative estimate of drug-likeness (QED) is 0.393. The van der Waals surface area contributed by atoms with E-state index in [9.17, 15) is 18.5 Å². The number of aryl methyl sites for hydroxylation is 2. The number of hydrogen-bond donors (Lipinski definition) is 2. The number of carbonyl (C=O) groups excluding carboxylic acids is 1. The number of hydrogen-bond acceptors (Lipinski definition) is 8. The molecule has 9 nitrogen and oxygen atoms in total. The summed E-state index contributed by atoms with van der Waals surface area (Å²) in [5, 5.41) is 16.8. The van der Waals surface area contributed by atoms with Crippen molar-refractivity contribution in [3.63, 3.8) is 0 Å². The van der Waals surface area contributed by atoms with Gasteiger partial charge in [-0.05, 0) is 61.6 Å². The number of aromatic nitrogens is 3. The molecule has 2 N–H and O–H groups in total. The van der Waals surface area contributed by atoms with E-state index >= 15 is 0 Å². The first-order valence-electron chi connectivity index (χ1n) is 12.1. The third-order valence-electron chi connectivity index (χ3n) is 6.75. The third-order valence-corrected chi connectivity index (χ3v) is 8.42. The first-order chi connectivity index (χ1) is 17.8. The summed E-state index contributed by atoms with van der Waals surface area (Å²) in [4.78, 5) is 21.1. The molecule has 6 rings (SSSR count). The van der Waals surface area contributed by atoms with Crippen LogP contribution in [0.25, 0.3) is 11.0 Å². The van der Waals surface area contributed by atoms with Crippen LogP contribution in [0.3, 0.4) is 0 Å². The van der Waals surface area contributed by atoms with E-state index in [1.807, 2.05) is 25.1 Å². The Morgan fingerprint density at radius 3 is 2.57 bits per heavy atom. The van der Waals surface area contributed by atoms with Gasteiger partial charge in [0, 0.05) is 30.8 Å². The van der Waals surface area contributed by atoms with E-state index in [2.05, 4.69) is 26.7 Å². The number of benzene rings is 2. The largest absolute Gasteiger partial charge is 0.367 e. The highest BCUT2D eigenvalue weighted by Gasteiger charge is 2.28. The minimum Gasteiger partial charge on any atom is -0.367 e. The van der Waals surface area contributed by atoms with Gasteiger partial charge in [0.2, 0.25) is 5.95 Å². The van der Waals surface area contributed by atoms with Crippen LogP contribution >= 0.6 is 0 Å². The maximum absolute atomic E-state index is 13.6. The molecule has 2 heterocycles. The van der Waals surface area contributed by atoms with Crippen LogP contribution in [0.2, 0.25) is 0 Å². The Hall–Kier alpha value is -4.23. The van der Waals surface area contributed by atoms with E-state index in [0.29, 0.717) is 30.5 Å². The van der Waals surface area contributed by atoms with Crippen molar-refractivity contribution in [2.45, 2.75) is 50.0 Å². The van der Waals surface area contributed by atoms with Gasteiger partial charge < -0.3 is 10.6 Å². The van der Waals surface area contributed by atoms with Crippen LogP contribution in [0, 0.1) is 18.3 Å². The molecule has 0 saturated heterocycles. The van der Waals surface area contributed by atoms with Gasteiger partial charge in [-0.25, -0.2) is 12.4 Å². The highest BCUT2D eigenvalue weighted by molar-refractivity contribution is 7.90. The first-order valence-corrected chi connectivity index (χ1v) is 13.6. The van der Waals surface area contributed by atoms with Gasteiger partial charge in [-0.2, -0.15) is 15.2 Å². The zero-order valence-corrected chi connectivity index (χ0v) is 21.0. The minimum atomic E-state index is -4.02. The second kappa shape index (κ2) is 8.71. The van der Waals surface area contributed by atoms with E-state index < -0.39 is 10.0 Å². The number of anilines is 3. The van der Waals surface area contributed by atoms with Crippen molar-refractivity contribution >= 4 is 44.3 Å². The lowest BCUT2D eigenvalue weighted by Gasteiger charge is -2.17. The Kier molecular flexibility index (Phi) is 5.46. The highest BCUT2D eigenvalue weighted by Crippen LogP contribution is 2.34. The molecule has 2 aliphatic rings. The van der Waals surface area contributed by atoms with Crippen LogP contribution in [0.4, 0.5) is 17.5 Å². The molecule has 10 heteroatoms. The Labute approximate surface area is 214 Å². The van der Waals surface area contributed by atoms with Gasteiger partial charge in [0.25, 0.3) is 10.0 Å².